The summed E-state index contributed by atoms with van der Waals surface area (Å²) in [6, 6.07) is 8.70. The molecule has 1 atom stereocenters. The predicted molar refractivity (Wildman–Crippen MR) is 106 cm³/mol. The molecule has 0 saturated heterocycles. The number of likely N-dealkylation sites (N-methyl/N-ethyl adjacent to an activating group) is 1. The highest BCUT2D eigenvalue weighted by Crippen LogP contribution is 2.34. The Morgan fingerprint density at radius 2 is 2.21 bits per heavy atom. The Morgan fingerprint density at radius 1 is 1.36 bits per heavy atom. The summed E-state index contributed by atoms with van der Waals surface area (Å²) in [7, 11) is 3.48. The monoisotopic (exact) mass is 384 g/mol. The van der Waals surface area contributed by atoms with Crippen LogP contribution in [0.3, 0.4) is 0 Å². The third-order valence-corrected chi connectivity index (χ3v) is 4.54. The molecule has 2 heterocycles. The van der Waals surface area contributed by atoms with Crippen molar-refractivity contribution >= 4 is 23.2 Å². The molecule has 2 amide bonds. The number of rotatable bonds is 7. The van der Waals surface area contributed by atoms with Crippen molar-refractivity contribution in [3.05, 3.63) is 48.3 Å². The number of carbonyl (C=O) groups excluding carboxylic acids is 2. The van der Waals surface area contributed by atoms with Crippen LogP contribution in [0.4, 0.5) is 11.4 Å². The maximum Gasteiger partial charge on any atom is 0.251 e. The molecule has 0 bridgehead atoms. The van der Waals surface area contributed by atoms with Crippen LogP contribution in [-0.2, 0) is 9.53 Å². The van der Waals surface area contributed by atoms with Gasteiger partial charge in [-0.2, -0.15) is 0 Å². The van der Waals surface area contributed by atoms with Gasteiger partial charge in [-0.05, 0) is 30.3 Å². The number of nitrogens with one attached hydrogen (secondary N) is 2. The van der Waals surface area contributed by atoms with Crippen molar-refractivity contribution in [2.24, 2.45) is 0 Å². The molecule has 1 unspecified atom stereocenters. The van der Waals surface area contributed by atoms with Gasteiger partial charge in [-0.15, -0.1) is 0 Å². The largest absolute Gasteiger partial charge is 0.489 e. The topological polar surface area (TPSA) is 92.8 Å². The Bertz CT molecular complexity index is 828. The first kappa shape index (κ1) is 19.6. The summed E-state index contributed by atoms with van der Waals surface area (Å²) in [5, 5.41) is 5.63. The highest BCUT2D eigenvalue weighted by molar-refractivity contribution is 5.96. The molecule has 8 heteroatoms. The van der Waals surface area contributed by atoms with Gasteiger partial charge < -0.3 is 25.0 Å². The van der Waals surface area contributed by atoms with Gasteiger partial charge in [-0.3, -0.25) is 14.6 Å². The van der Waals surface area contributed by atoms with Crippen molar-refractivity contribution in [1.29, 1.82) is 0 Å². The van der Waals surface area contributed by atoms with Crippen molar-refractivity contribution in [2.45, 2.75) is 12.5 Å². The summed E-state index contributed by atoms with van der Waals surface area (Å²) in [5.74, 6) is 0.398. The predicted octanol–water partition coefficient (Wildman–Crippen LogP) is 1.68. The van der Waals surface area contributed by atoms with E-state index in [4.69, 9.17) is 9.47 Å². The normalized spacial score (nSPS) is 15.4. The number of ether oxygens (including phenoxy) is 2. The van der Waals surface area contributed by atoms with E-state index < -0.39 is 0 Å². The van der Waals surface area contributed by atoms with E-state index in [1.165, 1.54) is 0 Å². The van der Waals surface area contributed by atoms with Crippen molar-refractivity contribution in [3.63, 3.8) is 0 Å². The zero-order chi connectivity index (χ0) is 19.9. The van der Waals surface area contributed by atoms with Crippen LogP contribution in [0.1, 0.15) is 16.8 Å². The number of carbonyl (C=O) groups is 2. The van der Waals surface area contributed by atoms with Crippen LogP contribution in [0.15, 0.2) is 42.7 Å². The molecule has 0 spiro atoms. The lowest BCUT2D eigenvalue weighted by atomic mass is 10.1. The number of anilines is 2. The van der Waals surface area contributed by atoms with Crippen LogP contribution in [-0.4, -0.2) is 56.8 Å². The average Bonchev–Trinajstić information content (AvgIpc) is 2.71. The molecular weight excluding hydrogens is 360 g/mol. The molecule has 2 aromatic rings. The molecule has 0 saturated carbocycles. The van der Waals surface area contributed by atoms with Crippen LogP contribution < -0.4 is 20.3 Å². The molecule has 148 valence electrons. The SMILES string of the molecule is COCCNC(=O)c1ccc2c(c1)N(C)C(CC(=O)Nc1cccnc1)CO2. The van der Waals surface area contributed by atoms with E-state index in [2.05, 4.69) is 15.6 Å². The molecule has 1 aliphatic rings. The van der Waals surface area contributed by atoms with Gasteiger partial charge in [0, 0.05) is 32.5 Å². The van der Waals surface area contributed by atoms with Crippen LogP contribution in [0, 0.1) is 0 Å². The molecular formula is C20H24N4O4. The van der Waals surface area contributed by atoms with E-state index in [0.29, 0.717) is 36.8 Å². The Kier molecular flexibility index (Phi) is 6.44. The van der Waals surface area contributed by atoms with Crippen LogP contribution >= 0.6 is 0 Å². The van der Waals surface area contributed by atoms with Gasteiger partial charge >= 0.3 is 0 Å². The van der Waals surface area contributed by atoms with E-state index in [9.17, 15) is 9.59 Å². The van der Waals surface area contributed by atoms with Crippen LogP contribution in [0.5, 0.6) is 5.75 Å². The molecule has 28 heavy (non-hydrogen) atoms. The van der Waals surface area contributed by atoms with Crippen LogP contribution in [0.2, 0.25) is 0 Å². The summed E-state index contributed by atoms with van der Waals surface area (Å²) in [4.78, 5) is 30.6. The Labute approximate surface area is 163 Å². The van der Waals surface area contributed by atoms with Crippen molar-refractivity contribution in [2.75, 3.05) is 44.1 Å². The highest BCUT2D eigenvalue weighted by Gasteiger charge is 2.27. The summed E-state index contributed by atoms with van der Waals surface area (Å²) < 4.78 is 10.7. The number of fused-ring (bicyclic) bond motifs is 1. The molecule has 3 rings (SSSR count). The van der Waals surface area contributed by atoms with Crippen LogP contribution in [0.25, 0.3) is 0 Å². The number of methoxy groups -OCH3 is 1. The third kappa shape index (κ3) is 4.77. The van der Waals surface area contributed by atoms with E-state index in [-0.39, 0.29) is 24.3 Å². The average molecular weight is 384 g/mol. The molecule has 0 fully saturated rings. The number of benzene rings is 1. The minimum absolute atomic E-state index is 0.120. The van der Waals surface area contributed by atoms with E-state index in [0.717, 1.165) is 5.69 Å². The highest BCUT2D eigenvalue weighted by atomic mass is 16.5. The van der Waals surface area contributed by atoms with E-state index in [1.54, 1.807) is 49.8 Å². The zero-order valence-electron chi connectivity index (χ0n) is 16.0. The molecule has 1 aliphatic heterocycles. The lowest BCUT2D eigenvalue weighted by Crippen LogP contribution is -2.42. The first-order valence-corrected chi connectivity index (χ1v) is 9.05. The fourth-order valence-corrected chi connectivity index (χ4v) is 2.98. The van der Waals surface area contributed by atoms with E-state index >= 15 is 0 Å². The van der Waals surface area contributed by atoms with Gasteiger partial charge in [-0.1, -0.05) is 0 Å². The summed E-state index contributed by atoms with van der Waals surface area (Å²) in [6.07, 6.45) is 3.51. The lowest BCUT2D eigenvalue weighted by molar-refractivity contribution is -0.116. The van der Waals surface area contributed by atoms with E-state index in [1.807, 2.05) is 11.9 Å². The standard InChI is InChI=1S/C20H24N4O4/c1-24-16(11-19(25)23-15-4-3-7-21-12-15)13-28-18-6-5-14(10-17(18)24)20(26)22-8-9-27-2/h3-7,10,12,16H,8-9,11,13H2,1-2H3,(H,22,26)(H,23,25). The molecule has 0 radical (unpaired) electrons. The quantitative estimate of drug-likeness (QED) is 0.706. The Hall–Kier alpha value is -3.13. The van der Waals surface area contributed by atoms with Gasteiger partial charge in [-0.25, -0.2) is 0 Å². The first-order chi connectivity index (χ1) is 13.6. The number of amides is 2. The lowest BCUT2D eigenvalue weighted by Gasteiger charge is -2.35. The zero-order valence-corrected chi connectivity index (χ0v) is 16.0. The maximum atomic E-state index is 12.4. The van der Waals surface area contributed by atoms with Crippen molar-refractivity contribution in [1.82, 2.24) is 10.3 Å². The second kappa shape index (κ2) is 9.18. The van der Waals surface area contributed by atoms with Gasteiger partial charge in [0.05, 0.1) is 36.6 Å². The summed E-state index contributed by atoms with van der Waals surface area (Å²) >= 11 is 0. The number of aromatic nitrogens is 1. The van der Waals surface area contributed by atoms with Gasteiger partial charge in [0.1, 0.15) is 12.4 Å². The van der Waals surface area contributed by atoms with Crippen molar-refractivity contribution in [3.8, 4) is 5.75 Å². The minimum atomic E-state index is -0.176. The molecule has 0 aliphatic carbocycles. The number of hydrogen-bond donors (Lipinski definition) is 2. The molecule has 8 nitrogen and oxygen atoms in total. The number of nitrogens with zero attached hydrogens (tertiary/aromatic N) is 2. The second-order valence-corrected chi connectivity index (χ2v) is 6.50. The number of hydrogen-bond acceptors (Lipinski definition) is 6. The summed E-state index contributed by atoms with van der Waals surface area (Å²) in [5.41, 5.74) is 1.97. The van der Waals surface area contributed by atoms with Gasteiger partial charge in [0.2, 0.25) is 5.91 Å². The van der Waals surface area contributed by atoms with Gasteiger partial charge in [0.15, 0.2) is 0 Å². The van der Waals surface area contributed by atoms with Crippen molar-refractivity contribution < 1.29 is 19.1 Å². The smallest absolute Gasteiger partial charge is 0.251 e. The molecule has 1 aromatic carbocycles. The second-order valence-electron chi connectivity index (χ2n) is 6.50. The fraction of sp³-hybridized carbons (Fsp3) is 0.350. The fourth-order valence-electron chi connectivity index (χ4n) is 2.98. The summed E-state index contributed by atoms with van der Waals surface area (Å²) in [6.45, 7) is 1.28. The Morgan fingerprint density at radius 3 is 2.96 bits per heavy atom. The Balaban J connectivity index is 1.65. The molecule has 1 aromatic heterocycles. The first-order valence-electron chi connectivity index (χ1n) is 9.05. The number of pyridine rings is 1. The van der Waals surface area contributed by atoms with Gasteiger partial charge in [0.25, 0.3) is 5.91 Å². The minimum Gasteiger partial charge on any atom is -0.489 e. The molecule has 2 N–H and O–H groups in total. The third-order valence-electron chi connectivity index (χ3n) is 4.54. The maximum absolute atomic E-state index is 12.4.